The van der Waals surface area contributed by atoms with Crippen LogP contribution in [-0.4, -0.2) is 27.6 Å². The van der Waals surface area contributed by atoms with E-state index in [-0.39, 0.29) is 11.9 Å². The van der Waals surface area contributed by atoms with Crippen molar-refractivity contribution in [3.8, 4) is 11.1 Å². The van der Waals surface area contributed by atoms with Crippen molar-refractivity contribution in [1.82, 2.24) is 14.5 Å². The highest BCUT2D eigenvalue weighted by Crippen LogP contribution is 2.34. The quantitative estimate of drug-likeness (QED) is 0.368. The molecule has 1 atom stereocenters. The Morgan fingerprint density at radius 2 is 1.84 bits per heavy atom. The average molecular weight is 435 g/mol. The Balaban J connectivity index is 1.55. The molecule has 0 saturated carbocycles. The van der Waals surface area contributed by atoms with Gasteiger partial charge in [0.05, 0.1) is 28.4 Å². The molecule has 0 amide bonds. The van der Waals surface area contributed by atoms with Gasteiger partial charge < -0.3 is 9.47 Å². The van der Waals surface area contributed by atoms with Gasteiger partial charge in [0.25, 0.3) is 0 Å². The summed E-state index contributed by atoms with van der Waals surface area (Å²) in [7, 11) is 0. The Labute approximate surface area is 186 Å². The van der Waals surface area contributed by atoms with E-state index in [1.807, 2.05) is 24.5 Å². The summed E-state index contributed by atoms with van der Waals surface area (Å²) >= 11 is 6.57. The summed E-state index contributed by atoms with van der Waals surface area (Å²) in [5.41, 5.74) is 4.77. The fourth-order valence-electron chi connectivity index (χ4n) is 4.37. The maximum absolute atomic E-state index is 13.8. The van der Waals surface area contributed by atoms with Crippen LogP contribution < -0.4 is 4.90 Å². The van der Waals surface area contributed by atoms with Gasteiger partial charge in [-0.15, -0.1) is 0 Å². The molecule has 0 aliphatic carbocycles. The van der Waals surface area contributed by atoms with Crippen LogP contribution in [0.15, 0.2) is 61.1 Å². The van der Waals surface area contributed by atoms with Crippen molar-refractivity contribution in [3.63, 3.8) is 0 Å². The number of hydrogen-bond acceptors (Lipinski definition) is 3. The molecule has 0 spiro atoms. The van der Waals surface area contributed by atoms with Gasteiger partial charge in [-0.3, -0.25) is 0 Å². The monoisotopic (exact) mass is 434 g/mol. The molecule has 1 fully saturated rings. The molecule has 0 N–H and O–H groups in total. The number of imidazole rings is 1. The minimum absolute atomic E-state index is 0.0484. The second-order valence-electron chi connectivity index (χ2n) is 8.16. The van der Waals surface area contributed by atoms with Gasteiger partial charge in [-0.1, -0.05) is 29.8 Å². The first kappa shape index (κ1) is 20.0. The molecule has 3 heterocycles. The summed E-state index contributed by atoms with van der Waals surface area (Å²) in [6, 6.07) is 14.9. The lowest BCUT2D eigenvalue weighted by molar-refractivity contribution is 0.573. The molecule has 2 aromatic heterocycles. The van der Waals surface area contributed by atoms with E-state index in [0.29, 0.717) is 5.02 Å². The van der Waals surface area contributed by atoms with E-state index >= 15 is 0 Å². The van der Waals surface area contributed by atoms with E-state index in [9.17, 15) is 4.39 Å². The molecule has 6 heteroatoms. The lowest BCUT2D eigenvalue weighted by Gasteiger charge is -2.28. The minimum Gasteiger partial charge on any atom is -0.357 e. The third-order valence-corrected chi connectivity index (χ3v) is 6.46. The van der Waals surface area contributed by atoms with Crippen LogP contribution in [0.2, 0.25) is 5.02 Å². The van der Waals surface area contributed by atoms with Gasteiger partial charge in [-0.25, -0.2) is 14.4 Å². The molecule has 158 valence electrons. The van der Waals surface area contributed by atoms with Crippen molar-refractivity contribution >= 4 is 28.5 Å². The van der Waals surface area contributed by atoms with Crippen LogP contribution in [-0.2, 0) is 0 Å². The predicted octanol–water partition coefficient (Wildman–Crippen LogP) is 6.49. The first-order chi connectivity index (χ1) is 15.1. The number of hydrogen-bond donors (Lipinski definition) is 0. The number of fused-ring (bicyclic) bond motifs is 1. The maximum atomic E-state index is 13.8. The van der Waals surface area contributed by atoms with Gasteiger partial charge in [0, 0.05) is 24.8 Å². The summed E-state index contributed by atoms with van der Waals surface area (Å²) in [5, 5.41) is 0.629. The lowest BCUT2D eigenvalue weighted by Crippen LogP contribution is -2.30. The molecule has 1 saturated heterocycles. The molecule has 1 aliphatic rings. The van der Waals surface area contributed by atoms with E-state index in [1.54, 1.807) is 18.3 Å². The first-order valence-electron chi connectivity index (χ1n) is 10.7. The van der Waals surface area contributed by atoms with Gasteiger partial charge in [0.15, 0.2) is 0 Å². The van der Waals surface area contributed by atoms with E-state index in [4.69, 9.17) is 11.6 Å². The van der Waals surface area contributed by atoms with E-state index < -0.39 is 0 Å². The van der Waals surface area contributed by atoms with Gasteiger partial charge in [0.1, 0.15) is 11.6 Å². The number of halogens is 2. The summed E-state index contributed by atoms with van der Waals surface area (Å²) in [5.74, 6) is 0.740. The number of anilines is 1. The summed E-state index contributed by atoms with van der Waals surface area (Å²) in [4.78, 5) is 11.5. The van der Waals surface area contributed by atoms with Gasteiger partial charge in [-0.05, 0) is 67.6 Å². The zero-order chi connectivity index (χ0) is 21.4. The molecule has 0 unspecified atom stereocenters. The maximum Gasteiger partial charge on any atom is 0.129 e. The second kappa shape index (κ2) is 8.31. The minimum atomic E-state index is -0.233. The molecular formula is C25H24ClFN4. The van der Waals surface area contributed by atoms with Crippen LogP contribution in [0.3, 0.4) is 0 Å². The number of piperidine rings is 1. The molecule has 0 bridgehead atoms. The van der Waals surface area contributed by atoms with Crippen LogP contribution in [0.5, 0.6) is 0 Å². The zero-order valence-corrected chi connectivity index (χ0v) is 18.2. The zero-order valence-electron chi connectivity index (χ0n) is 17.4. The van der Waals surface area contributed by atoms with Crippen LogP contribution in [0.25, 0.3) is 22.2 Å². The molecule has 5 rings (SSSR count). The van der Waals surface area contributed by atoms with Crippen molar-refractivity contribution in [2.24, 2.45) is 0 Å². The standard InChI is InChI=1S/C25H24ClFN4/c1-17(18-6-5-7-20(27)12-18)31-16-29-23-9-8-19(13-24(23)31)21-14-25(28-15-22(21)26)30-10-3-2-4-11-30/h5-9,12-17H,2-4,10-11H2,1H3/t17-/m1/s1. The Hall–Kier alpha value is -2.92. The van der Waals surface area contributed by atoms with Gasteiger partial charge in [0.2, 0.25) is 0 Å². The van der Waals surface area contributed by atoms with E-state index in [0.717, 1.165) is 46.6 Å². The van der Waals surface area contributed by atoms with Crippen LogP contribution in [0.4, 0.5) is 10.2 Å². The fourth-order valence-corrected chi connectivity index (χ4v) is 4.59. The normalized spacial score (nSPS) is 15.4. The lowest BCUT2D eigenvalue weighted by atomic mass is 10.0. The number of pyridine rings is 1. The van der Waals surface area contributed by atoms with Crippen LogP contribution >= 0.6 is 11.6 Å². The summed E-state index contributed by atoms with van der Waals surface area (Å²) in [6.45, 7) is 4.12. The molecule has 2 aromatic carbocycles. The summed E-state index contributed by atoms with van der Waals surface area (Å²) in [6.07, 6.45) is 7.24. The number of aromatic nitrogens is 3. The summed E-state index contributed by atoms with van der Waals surface area (Å²) < 4.78 is 15.8. The fraction of sp³-hybridized carbons (Fsp3) is 0.280. The predicted molar refractivity (Wildman–Crippen MR) is 124 cm³/mol. The number of nitrogens with zero attached hydrogens (tertiary/aromatic N) is 4. The van der Waals surface area contributed by atoms with Crippen molar-refractivity contribution in [2.75, 3.05) is 18.0 Å². The first-order valence-corrected chi connectivity index (χ1v) is 11.1. The Morgan fingerprint density at radius 1 is 1.00 bits per heavy atom. The SMILES string of the molecule is C[C@H](c1cccc(F)c1)n1cnc2ccc(-c3cc(N4CCCCC4)ncc3Cl)cc21. The third-order valence-electron chi connectivity index (χ3n) is 6.16. The third kappa shape index (κ3) is 3.90. The van der Waals surface area contributed by atoms with Crippen LogP contribution in [0, 0.1) is 5.82 Å². The van der Waals surface area contributed by atoms with Gasteiger partial charge >= 0.3 is 0 Å². The molecular weight excluding hydrogens is 411 g/mol. The van der Waals surface area contributed by atoms with Crippen molar-refractivity contribution < 1.29 is 4.39 Å². The molecule has 1 aliphatic heterocycles. The highest BCUT2D eigenvalue weighted by atomic mass is 35.5. The Morgan fingerprint density at radius 3 is 2.65 bits per heavy atom. The number of benzene rings is 2. The highest BCUT2D eigenvalue weighted by Gasteiger charge is 2.17. The van der Waals surface area contributed by atoms with E-state index in [2.05, 4.69) is 38.5 Å². The van der Waals surface area contributed by atoms with Gasteiger partial charge in [-0.2, -0.15) is 0 Å². The molecule has 31 heavy (non-hydrogen) atoms. The largest absolute Gasteiger partial charge is 0.357 e. The second-order valence-corrected chi connectivity index (χ2v) is 8.56. The average Bonchev–Trinajstić information content (AvgIpc) is 3.23. The highest BCUT2D eigenvalue weighted by molar-refractivity contribution is 6.33. The van der Waals surface area contributed by atoms with Crippen molar-refractivity contribution in [1.29, 1.82) is 0 Å². The number of rotatable bonds is 4. The molecule has 4 nitrogen and oxygen atoms in total. The van der Waals surface area contributed by atoms with Crippen molar-refractivity contribution in [2.45, 2.75) is 32.2 Å². The van der Waals surface area contributed by atoms with E-state index in [1.165, 1.54) is 25.3 Å². The Bertz CT molecular complexity index is 1230. The molecule has 0 radical (unpaired) electrons. The Kier molecular flexibility index (Phi) is 5.36. The van der Waals surface area contributed by atoms with Crippen LogP contribution in [0.1, 0.15) is 37.8 Å². The molecule has 4 aromatic rings. The van der Waals surface area contributed by atoms with Crippen molar-refractivity contribution in [3.05, 3.63) is 77.5 Å². The topological polar surface area (TPSA) is 34.0 Å². The smallest absolute Gasteiger partial charge is 0.129 e.